The average molecular weight is 303 g/mol. The SMILES string of the molecule is O=C(/C=C/c1ccccc1Br)Nc1cccnc1. The zero-order chi connectivity index (χ0) is 12.8. The van der Waals surface area contributed by atoms with Gasteiger partial charge in [-0.3, -0.25) is 9.78 Å². The van der Waals surface area contributed by atoms with Crippen LogP contribution in [0.4, 0.5) is 5.69 Å². The van der Waals surface area contributed by atoms with E-state index >= 15 is 0 Å². The summed E-state index contributed by atoms with van der Waals surface area (Å²) in [5.74, 6) is -0.182. The smallest absolute Gasteiger partial charge is 0.248 e. The van der Waals surface area contributed by atoms with E-state index in [-0.39, 0.29) is 5.91 Å². The summed E-state index contributed by atoms with van der Waals surface area (Å²) in [6.45, 7) is 0. The lowest BCUT2D eigenvalue weighted by Gasteiger charge is -2.00. The molecule has 2 rings (SSSR count). The molecule has 2 aromatic rings. The van der Waals surface area contributed by atoms with Crippen LogP contribution in [0.5, 0.6) is 0 Å². The molecule has 1 amide bonds. The molecule has 0 spiro atoms. The van der Waals surface area contributed by atoms with E-state index in [0.29, 0.717) is 5.69 Å². The molecule has 1 aromatic heterocycles. The second-order valence-corrected chi connectivity index (χ2v) is 4.44. The van der Waals surface area contributed by atoms with E-state index in [1.54, 1.807) is 30.6 Å². The Bertz CT molecular complexity index is 567. The van der Waals surface area contributed by atoms with Crippen molar-refractivity contribution in [2.24, 2.45) is 0 Å². The largest absolute Gasteiger partial charge is 0.321 e. The molecule has 0 atom stereocenters. The minimum absolute atomic E-state index is 0.182. The van der Waals surface area contributed by atoms with Gasteiger partial charge in [0.05, 0.1) is 11.9 Å². The molecule has 1 heterocycles. The van der Waals surface area contributed by atoms with E-state index in [1.165, 1.54) is 6.08 Å². The van der Waals surface area contributed by atoms with Crippen LogP contribution in [0.15, 0.2) is 59.3 Å². The summed E-state index contributed by atoms with van der Waals surface area (Å²) in [5, 5.41) is 2.73. The molecule has 0 saturated heterocycles. The third-order valence-electron chi connectivity index (χ3n) is 2.25. The molecule has 4 heteroatoms. The van der Waals surface area contributed by atoms with Gasteiger partial charge >= 0.3 is 0 Å². The molecule has 0 saturated carbocycles. The van der Waals surface area contributed by atoms with Crippen molar-refractivity contribution in [3.05, 3.63) is 64.9 Å². The van der Waals surface area contributed by atoms with E-state index in [2.05, 4.69) is 26.2 Å². The number of anilines is 1. The number of hydrogen-bond donors (Lipinski definition) is 1. The molecule has 0 aliphatic carbocycles. The van der Waals surface area contributed by atoms with E-state index in [9.17, 15) is 4.79 Å². The normalized spacial score (nSPS) is 10.5. The maximum atomic E-state index is 11.7. The third-order valence-corrected chi connectivity index (χ3v) is 2.97. The highest BCUT2D eigenvalue weighted by molar-refractivity contribution is 9.10. The first kappa shape index (κ1) is 12.5. The molecule has 3 nitrogen and oxygen atoms in total. The Labute approximate surface area is 114 Å². The van der Waals surface area contributed by atoms with Gasteiger partial charge in [-0.05, 0) is 29.8 Å². The van der Waals surface area contributed by atoms with Crippen LogP contribution < -0.4 is 5.32 Å². The van der Waals surface area contributed by atoms with Crippen LogP contribution in [0, 0.1) is 0 Å². The minimum Gasteiger partial charge on any atom is -0.321 e. The molecule has 18 heavy (non-hydrogen) atoms. The minimum atomic E-state index is -0.182. The van der Waals surface area contributed by atoms with Gasteiger partial charge in [-0.15, -0.1) is 0 Å². The van der Waals surface area contributed by atoms with E-state index in [0.717, 1.165) is 10.0 Å². The van der Waals surface area contributed by atoms with Crippen molar-refractivity contribution < 1.29 is 4.79 Å². The Kier molecular flexibility index (Phi) is 4.25. The topological polar surface area (TPSA) is 42.0 Å². The fraction of sp³-hybridized carbons (Fsp3) is 0. The predicted molar refractivity (Wildman–Crippen MR) is 76.0 cm³/mol. The fourth-order valence-corrected chi connectivity index (χ4v) is 1.81. The van der Waals surface area contributed by atoms with Gasteiger partial charge < -0.3 is 5.32 Å². The maximum Gasteiger partial charge on any atom is 0.248 e. The highest BCUT2D eigenvalue weighted by Gasteiger charge is 1.98. The van der Waals surface area contributed by atoms with Gasteiger partial charge in [-0.1, -0.05) is 34.1 Å². The lowest BCUT2D eigenvalue weighted by molar-refractivity contribution is -0.111. The van der Waals surface area contributed by atoms with Crippen molar-refractivity contribution in [3.63, 3.8) is 0 Å². The summed E-state index contributed by atoms with van der Waals surface area (Å²) < 4.78 is 0.954. The van der Waals surface area contributed by atoms with Crippen molar-refractivity contribution in [2.45, 2.75) is 0 Å². The van der Waals surface area contributed by atoms with Crippen molar-refractivity contribution in [1.82, 2.24) is 4.98 Å². The first-order chi connectivity index (χ1) is 8.75. The molecular weight excluding hydrogens is 292 g/mol. The number of pyridine rings is 1. The quantitative estimate of drug-likeness (QED) is 0.882. The summed E-state index contributed by atoms with van der Waals surface area (Å²) in [4.78, 5) is 15.6. The molecule has 1 aromatic carbocycles. The number of rotatable bonds is 3. The molecule has 0 aliphatic rings. The third kappa shape index (κ3) is 3.53. The van der Waals surface area contributed by atoms with Crippen LogP contribution >= 0.6 is 15.9 Å². The lowest BCUT2D eigenvalue weighted by atomic mass is 10.2. The lowest BCUT2D eigenvalue weighted by Crippen LogP contribution is -2.07. The monoisotopic (exact) mass is 302 g/mol. The molecule has 0 aliphatic heterocycles. The molecular formula is C14H11BrN2O. The zero-order valence-corrected chi connectivity index (χ0v) is 11.1. The number of amides is 1. The number of nitrogens with zero attached hydrogens (tertiary/aromatic N) is 1. The summed E-state index contributed by atoms with van der Waals surface area (Å²) >= 11 is 3.42. The Morgan fingerprint density at radius 3 is 2.78 bits per heavy atom. The fourth-order valence-electron chi connectivity index (χ4n) is 1.40. The van der Waals surface area contributed by atoms with Gasteiger partial charge in [0.1, 0.15) is 0 Å². The van der Waals surface area contributed by atoms with Gasteiger partial charge in [0.2, 0.25) is 5.91 Å². The van der Waals surface area contributed by atoms with E-state index in [4.69, 9.17) is 0 Å². The zero-order valence-electron chi connectivity index (χ0n) is 9.51. The highest BCUT2D eigenvalue weighted by atomic mass is 79.9. The van der Waals surface area contributed by atoms with Crippen molar-refractivity contribution >= 4 is 33.6 Å². The Morgan fingerprint density at radius 1 is 1.22 bits per heavy atom. The number of halogens is 1. The predicted octanol–water partition coefficient (Wildman–Crippen LogP) is 3.50. The van der Waals surface area contributed by atoms with E-state index in [1.807, 2.05) is 24.3 Å². The van der Waals surface area contributed by atoms with Crippen LogP contribution in [0.3, 0.4) is 0 Å². The van der Waals surface area contributed by atoms with Gasteiger partial charge in [0.15, 0.2) is 0 Å². The number of carbonyl (C=O) groups excluding carboxylic acids is 1. The summed E-state index contributed by atoms with van der Waals surface area (Å²) in [7, 11) is 0. The molecule has 0 unspecified atom stereocenters. The molecule has 0 fully saturated rings. The summed E-state index contributed by atoms with van der Waals surface area (Å²) in [6, 6.07) is 11.3. The molecule has 90 valence electrons. The summed E-state index contributed by atoms with van der Waals surface area (Å²) in [6.07, 6.45) is 6.51. The first-order valence-electron chi connectivity index (χ1n) is 5.39. The number of hydrogen-bond acceptors (Lipinski definition) is 2. The van der Waals surface area contributed by atoms with Crippen LogP contribution in [-0.4, -0.2) is 10.9 Å². The molecule has 0 bridgehead atoms. The number of aromatic nitrogens is 1. The Hall–Kier alpha value is -1.94. The van der Waals surface area contributed by atoms with Crippen molar-refractivity contribution in [2.75, 3.05) is 5.32 Å². The molecule has 1 N–H and O–H groups in total. The second-order valence-electron chi connectivity index (χ2n) is 3.59. The Balaban J connectivity index is 2.02. The number of benzene rings is 1. The van der Waals surface area contributed by atoms with E-state index < -0.39 is 0 Å². The highest BCUT2D eigenvalue weighted by Crippen LogP contribution is 2.17. The van der Waals surface area contributed by atoms with Crippen LogP contribution in [-0.2, 0) is 4.79 Å². The van der Waals surface area contributed by atoms with Gasteiger partial charge in [-0.2, -0.15) is 0 Å². The maximum absolute atomic E-state index is 11.7. The van der Waals surface area contributed by atoms with Crippen molar-refractivity contribution in [3.8, 4) is 0 Å². The molecule has 0 radical (unpaired) electrons. The first-order valence-corrected chi connectivity index (χ1v) is 6.18. The Morgan fingerprint density at radius 2 is 2.06 bits per heavy atom. The van der Waals surface area contributed by atoms with Gasteiger partial charge in [-0.25, -0.2) is 0 Å². The van der Waals surface area contributed by atoms with Crippen molar-refractivity contribution in [1.29, 1.82) is 0 Å². The van der Waals surface area contributed by atoms with Gasteiger partial charge in [0.25, 0.3) is 0 Å². The van der Waals surface area contributed by atoms with Crippen LogP contribution in [0.2, 0.25) is 0 Å². The van der Waals surface area contributed by atoms with Gasteiger partial charge in [0, 0.05) is 16.7 Å². The van der Waals surface area contributed by atoms with Crippen LogP contribution in [0.1, 0.15) is 5.56 Å². The standard InChI is InChI=1S/C14H11BrN2O/c15-13-6-2-1-4-11(13)7-8-14(18)17-12-5-3-9-16-10-12/h1-10H,(H,17,18)/b8-7+. The number of carbonyl (C=O) groups is 1. The van der Waals surface area contributed by atoms with Crippen LogP contribution in [0.25, 0.3) is 6.08 Å². The number of nitrogens with one attached hydrogen (secondary N) is 1. The second kappa shape index (κ2) is 6.12. The summed E-state index contributed by atoms with van der Waals surface area (Å²) in [5.41, 5.74) is 1.64. The average Bonchev–Trinajstić information content (AvgIpc) is 2.39.